The van der Waals surface area contributed by atoms with E-state index in [-0.39, 0.29) is 0 Å². The van der Waals surface area contributed by atoms with Gasteiger partial charge in [0.15, 0.2) is 0 Å². The van der Waals surface area contributed by atoms with Crippen LogP contribution in [0.1, 0.15) is 37.9 Å². The van der Waals surface area contributed by atoms with Gasteiger partial charge in [-0.3, -0.25) is 0 Å². The quantitative estimate of drug-likeness (QED) is 0.705. The Morgan fingerprint density at radius 2 is 2.14 bits per heavy atom. The van der Waals surface area contributed by atoms with Crippen LogP contribution in [0, 0.1) is 0 Å². The lowest BCUT2D eigenvalue weighted by Gasteiger charge is -2.19. The standard InChI is InChI=1S/C11H16OS2/c1-2-6-11(7-3-1)14-13-9-10-5-4-8-12-10/h4-5,8,11H,1-3,6-7,9H2. The fraction of sp³-hybridized carbons (Fsp3) is 0.636. The van der Waals surface area contributed by atoms with Crippen molar-refractivity contribution in [2.24, 2.45) is 0 Å². The number of hydrogen-bond acceptors (Lipinski definition) is 3. The van der Waals surface area contributed by atoms with Crippen molar-refractivity contribution in [2.75, 3.05) is 0 Å². The van der Waals surface area contributed by atoms with Gasteiger partial charge in [-0.15, -0.1) is 0 Å². The Morgan fingerprint density at radius 1 is 1.29 bits per heavy atom. The minimum absolute atomic E-state index is 0.892. The first-order valence-corrected chi connectivity index (χ1v) is 7.64. The van der Waals surface area contributed by atoms with Crippen LogP contribution >= 0.6 is 21.6 Å². The Morgan fingerprint density at radius 3 is 2.86 bits per heavy atom. The van der Waals surface area contributed by atoms with E-state index in [1.54, 1.807) is 6.26 Å². The summed E-state index contributed by atoms with van der Waals surface area (Å²) in [5, 5.41) is 0.892. The van der Waals surface area contributed by atoms with Crippen LogP contribution in [-0.2, 0) is 5.75 Å². The van der Waals surface area contributed by atoms with E-state index in [0.717, 1.165) is 16.8 Å². The smallest absolute Gasteiger partial charge is 0.114 e. The average molecular weight is 228 g/mol. The average Bonchev–Trinajstić information content (AvgIpc) is 2.72. The lowest BCUT2D eigenvalue weighted by atomic mass is 10.0. The van der Waals surface area contributed by atoms with E-state index in [9.17, 15) is 0 Å². The summed E-state index contributed by atoms with van der Waals surface area (Å²) >= 11 is 0. The second-order valence-electron chi connectivity index (χ2n) is 3.70. The highest BCUT2D eigenvalue weighted by Crippen LogP contribution is 2.37. The molecular formula is C11H16OS2. The lowest BCUT2D eigenvalue weighted by Crippen LogP contribution is -2.06. The van der Waals surface area contributed by atoms with Gasteiger partial charge in [0, 0.05) is 5.25 Å². The van der Waals surface area contributed by atoms with Crippen molar-refractivity contribution < 1.29 is 4.42 Å². The third kappa shape index (κ3) is 3.28. The van der Waals surface area contributed by atoms with Gasteiger partial charge >= 0.3 is 0 Å². The van der Waals surface area contributed by atoms with Crippen LogP contribution in [-0.4, -0.2) is 5.25 Å². The molecule has 0 radical (unpaired) electrons. The van der Waals surface area contributed by atoms with Gasteiger partial charge in [0.05, 0.1) is 12.0 Å². The van der Waals surface area contributed by atoms with Gasteiger partial charge in [-0.2, -0.15) is 0 Å². The fourth-order valence-corrected chi connectivity index (χ4v) is 4.52. The molecule has 1 nitrogen and oxygen atoms in total. The largest absolute Gasteiger partial charge is 0.468 e. The molecule has 0 spiro atoms. The summed E-state index contributed by atoms with van der Waals surface area (Å²) in [4.78, 5) is 0. The Hall–Kier alpha value is -0.0200. The van der Waals surface area contributed by atoms with E-state index in [1.807, 2.05) is 16.9 Å². The van der Waals surface area contributed by atoms with Crippen LogP contribution in [0.25, 0.3) is 0 Å². The Bertz CT molecular complexity index is 240. The van der Waals surface area contributed by atoms with E-state index >= 15 is 0 Å². The highest BCUT2D eigenvalue weighted by Gasteiger charge is 2.13. The second kappa shape index (κ2) is 5.76. The first-order chi connectivity index (χ1) is 6.95. The highest BCUT2D eigenvalue weighted by atomic mass is 33.1. The molecule has 1 aliphatic rings. The third-order valence-corrected chi connectivity index (χ3v) is 5.40. The molecule has 1 fully saturated rings. The van der Waals surface area contributed by atoms with Crippen molar-refractivity contribution in [3.63, 3.8) is 0 Å². The minimum Gasteiger partial charge on any atom is -0.468 e. The summed E-state index contributed by atoms with van der Waals surface area (Å²) in [6.45, 7) is 0. The van der Waals surface area contributed by atoms with E-state index in [4.69, 9.17) is 4.42 Å². The molecule has 1 aromatic heterocycles. The van der Waals surface area contributed by atoms with Crippen LogP contribution < -0.4 is 0 Å². The summed E-state index contributed by atoms with van der Waals surface area (Å²) in [6, 6.07) is 4.01. The summed E-state index contributed by atoms with van der Waals surface area (Å²) in [6.07, 6.45) is 8.88. The van der Waals surface area contributed by atoms with Crippen molar-refractivity contribution in [3.05, 3.63) is 24.2 Å². The van der Waals surface area contributed by atoms with Gasteiger partial charge in [-0.05, 0) is 25.0 Å². The number of hydrogen-bond donors (Lipinski definition) is 0. The van der Waals surface area contributed by atoms with Gasteiger partial charge < -0.3 is 4.42 Å². The zero-order chi connectivity index (χ0) is 9.64. The zero-order valence-electron chi connectivity index (χ0n) is 8.28. The second-order valence-corrected chi connectivity index (χ2v) is 6.37. The highest BCUT2D eigenvalue weighted by molar-refractivity contribution is 8.76. The van der Waals surface area contributed by atoms with Crippen LogP contribution in [0.2, 0.25) is 0 Å². The van der Waals surface area contributed by atoms with Crippen molar-refractivity contribution >= 4 is 21.6 Å². The van der Waals surface area contributed by atoms with Gasteiger partial charge in [0.2, 0.25) is 0 Å². The maximum atomic E-state index is 5.29. The summed E-state index contributed by atoms with van der Waals surface area (Å²) in [7, 11) is 3.99. The molecule has 0 aliphatic heterocycles. The third-order valence-electron chi connectivity index (χ3n) is 2.54. The van der Waals surface area contributed by atoms with Gasteiger partial charge in [0.25, 0.3) is 0 Å². The van der Waals surface area contributed by atoms with E-state index in [0.29, 0.717) is 0 Å². The molecule has 0 unspecified atom stereocenters. The molecular weight excluding hydrogens is 212 g/mol. The molecule has 1 aliphatic carbocycles. The molecule has 2 rings (SSSR count). The van der Waals surface area contributed by atoms with Crippen LogP contribution in [0.4, 0.5) is 0 Å². The number of furan rings is 1. The predicted octanol–water partition coefficient (Wildman–Crippen LogP) is 4.49. The number of rotatable bonds is 4. The molecule has 1 saturated carbocycles. The van der Waals surface area contributed by atoms with Gasteiger partial charge in [0.1, 0.15) is 5.76 Å². The first-order valence-electron chi connectivity index (χ1n) is 5.26. The monoisotopic (exact) mass is 228 g/mol. The Balaban J connectivity index is 1.62. The zero-order valence-corrected chi connectivity index (χ0v) is 9.91. The molecule has 78 valence electrons. The first kappa shape index (κ1) is 10.5. The molecule has 14 heavy (non-hydrogen) atoms. The van der Waals surface area contributed by atoms with Gasteiger partial charge in [-0.25, -0.2) is 0 Å². The summed E-state index contributed by atoms with van der Waals surface area (Å²) in [5.74, 6) is 2.10. The minimum atomic E-state index is 0.892. The lowest BCUT2D eigenvalue weighted by molar-refractivity contribution is 0.517. The fourth-order valence-electron chi connectivity index (χ4n) is 1.74. The predicted molar refractivity (Wildman–Crippen MR) is 64.5 cm³/mol. The molecule has 1 aromatic rings. The Labute approximate surface area is 93.4 Å². The topological polar surface area (TPSA) is 13.1 Å². The maximum Gasteiger partial charge on any atom is 0.114 e. The van der Waals surface area contributed by atoms with Crippen LogP contribution in [0.15, 0.2) is 22.8 Å². The molecule has 0 N–H and O–H groups in total. The Kier molecular flexibility index (Phi) is 4.32. The molecule has 0 saturated heterocycles. The van der Waals surface area contributed by atoms with Crippen LogP contribution in [0.5, 0.6) is 0 Å². The van der Waals surface area contributed by atoms with Crippen LogP contribution in [0.3, 0.4) is 0 Å². The van der Waals surface area contributed by atoms with E-state index in [2.05, 4.69) is 16.9 Å². The van der Waals surface area contributed by atoms with Crippen molar-refractivity contribution in [2.45, 2.75) is 43.1 Å². The van der Waals surface area contributed by atoms with Crippen molar-refractivity contribution in [1.29, 1.82) is 0 Å². The molecule has 3 heteroatoms. The van der Waals surface area contributed by atoms with Crippen molar-refractivity contribution in [1.82, 2.24) is 0 Å². The maximum absolute atomic E-state index is 5.29. The summed E-state index contributed by atoms with van der Waals surface area (Å²) in [5.41, 5.74) is 0. The normalized spacial score (nSPS) is 18.6. The molecule has 0 bridgehead atoms. The van der Waals surface area contributed by atoms with Gasteiger partial charge in [-0.1, -0.05) is 40.9 Å². The van der Waals surface area contributed by atoms with E-state index < -0.39 is 0 Å². The SMILES string of the molecule is c1coc(CSSC2CCCCC2)c1. The molecule has 0 atom stereocenters. The van der Waals surface area contributed by atoms with Crippen molar-refractivity contribution in [3.8, 4) is 0 Å². The van der Waals surface area contributed by atoms with E-state index in [1.165, 1.54) is 32.1 Å². The molecule has 0 aromatic carbocycles. The molecule has 1 heterocycles. The molecule has 0 amide bonds. The summed E-state index contributed by atoms with van der Waals surface area (Å²) < 4.78 is 5.29.